The first-order valence-electron chi connectivity index (χ1n) is 6.00. The van der Waals surface area contributed by atoms with E-state index < -0.39 is 9.96 Å². The van der Waals surface area contributed by atoms with Crippen LogP contribution in [-0.2, 0) is 6.54 Å². The second kappa shape index (κ2) is 7.42. The van der Waals surface area contributed by atoms with Gasteiger partial charge in [-0.3, -0.25) is 15.1 Å². The number of nitrogens with one attached hydrogen (secondary N) is 2. The van der Waals surface area contributed by atoms with E-state index in [9.17, 15) is 4.79 Å². The van der Waals surface area contributed by atoms with Gasteiger partial charge in [0.2, 0.25) is 3.79 Å². The number of halogens is 3. The van der Waals surface area contributed by atoms with Gasteiger partial charge >= 0.3 is 0 Å². The highest BCUT2D eigenvalue weighted by Crippen LogP contribution is 2.29. The first-order valence-corrected chi connectivity index (χ1v) is 8.01. The van der Waals surface area contributed by atoms with Crippen LogP contribution in [0.25, 0.3) is 0 Å². The zero-order valence-corrected chi connectivity index (χ0v) is 13.8. The average Bonchev–Trinajstić information content (AvgIpc) is 2.97. The van der Waals surface area contributed by atoms with E-state index in [-0.39, 0.29) is 5.91 Å². The topological polar surface area (TPSA) is 54.0 Å². The first-order chi connectivity index (χ1) is 9.97. The largest absolute Gasteiger partial charge is 0.332 e. The van der Waals surface area contributed by atoms with Crippen molar-refractivity contribution in [2.75, 3.05) is 0 Å². The second-order valence-corrected chi connectivity index (χ2v) is 7.48. The van der Waals surface area contributed by atoms with E-state index in [1.165, 1.54) is 11.3 Å². The fraction of sp³-hybridized carbons (Fsp3) is 0.231. The standard InChI is InChI=1S/C13H12Cl3N3OS/c14-13(15,16)12(18-8-9-3-1-5-17-7-9)19-11(20)10-4-2-6-21-10/h1-7,12,18H,8H2,(H,19,20)/t12-/m0/s1. The average molecular weight is 365 g/mol. The molecule has 0 aliphatic heterocycles. The number of aromatic nitrogens is 1. The number of alkyl halides is 3. The molecule has 1 amide bonds. The maximum absolute atomic E-state index is 12.0. The lowest BCUT2D eigenvalue weighted by Gasteiger charge is -2.26. The third kappa shape index (κ3) is 5.13. The Labute approximate surface area is 141 Å². The summed E-state index contributed by atoms with van der Waals surface area (Å²) in [5.74, 6) is -0.292. The summed E-state index contributed by atoms with van der Waals surface area (Å²) < 4.78 is -1.67. The lowest BCUT2D eigenvalue weighted by atomic mass is 10.3. The molecule has 2 aromatic heterocycles. The van der Waals surface area contributed by atoms with Gasteiger partial charge in [0, 0.05) is 18.9 Å². The van der Waals surface area contributed by atoms with Gasteiger partial charge < -0.3 is 5.32 Å². The zero-order chi connectivity index (χ0) is 15.3. The van der Waals surface area contributed by atoms with Crippen LogP contribution in [0.3, 0.4) is 0 Å². The van der Waals surface area contributed by atoms with Crippen molar-refractivity contribution in [3.63, 3.8) is 0 Å². The van der Waals surface area contributed by atoms with Crippen molar-refractivity contribution in [3.05, 3.63) is 52.5 Å². The van der Waals surface area contributed by atoms with Crippen LogP contribution >= 0.6 is 46.1 Å². The van der Waals surface area contributed by atoms with E-state index in [4.69, 9.17) is 34.8 Å². The molecule has 0 fully saturated rings. The van der Waals surface area contributed by atoms with Crippen molar-refractivity contribution in [3.8, 4) is 0 Å². The molecule has 0 aromatic carbocycles. The molecule has 2 N–H and O–H groups in total. The molecule has 4 nitrogen and oxygen atoms in total. The quantitative estimate of drug-likeness (QED) is 0.632. The summed E-state index contributed by atoms with van der Waals surface area (Å²) in [6, 6.07) is 7.19. The summed E-state index contributed by atoms with van der Waals surface area (Å²) in [6.45, 7) is 0.414. The Hall–Kier alpha value is -0.850. The molecule has 112 valence electrons. The van der Waals surface area contributed by atoms with E-state index in [2.05, 4.69) is 15.6 Å². The van der Waals surface area contributed by atoms with Gasteiger partial charge in [-0.25, -0.2) is 0 Å². The predicted molar refractivity (Wildman–Crippen MR) is 86.9 cm³/mol. The van der Waals surface area contributed by atoms with Crippen LogP contribution in [0.4, 0.5) is 0 Å². The molecular formula is C13H12Cl3N3OS. The number of nitrogens with zero attached hydrogens (tertiary/aromatic N) is 1. The Bertz CT molecular complexity index is 572. The molecule has 8 heteroatoms. The van der Waals surface area contributed by atoms with E-state index in [0.29, 0.717) is 11.4 Å². The zero-order valence-electron chi connectivity index (χ0n) is 10.7. The van der Waals surface area contributed by atoms with Crippen molar-refractivity contribution in [1.29, 1.82) is 0 Å². The molecule has 0 aliphatic rings. The molecule has 2 aromatic rings. The molecule has 0 spiro atoms. The molecule has 0 bridgehead atoms. The lowest BCUT2D eigenvalue weighted by Crippen LogP contribution is -2.52. The third-order valence-corrected chi connectivity index (χ3v) is 4.10. The number of hydrogen-bond donors (Lipinski definition) is 2. The normalized spacial score (nSPS) is 12.9. The second-order valence-electron chi connectivity index (χ2n) is 4.17. The Balaban J connectivity index is 2.00. The van der Waals surface area contributed by atoms with Crippen LogP contribution in [0.2, 0.25) is 0 Å². The van der Waals surface area contributed by atoms with E-state index in [0.717, 1.165) is 5.56 Å². The van der Waals surface area contributed by atoms with Crippen LogP contribution in [0.15, 0.2) is 42.0 Å². The van der Waals surface area contributed by atoms with Gasteiger partial charge in [-0.1, -0.05) is 46.9 Å². The smallest absolute Gasteiger partial charge is 0.262 e. The van der Waals surface area contributed by atoms with Crippen molar-refractivity contribution in [2.45, 2.75) is 16.5 Å². The van der Waals surface area contributed by atoms with Crippen molar-refractivity contribution < 1.29 is 4.79 Å². The highest BCUT2D eigenvalue weighted by Gasteiger charge is 2.33. The number of thiophene rings is 1. The van der Waals surface area contributed by atoms with Gasteiger partial charge in [0.25, 0.3) is 5.91 Å². The summed E-state index contributed by atoms with van der Waals surface area (Å²) in [6.07, 6.45) is 2.55. The van der Waals surface area contributed by atoms with Gasteiger partial charge in [-0.15, -0.1) is 11.3 Å². The number of rotatable bonds is 5. The summed E-state index contributed by atoms with van der Waals surface area (Å²) in [5.41, 5.74) is 0.919. The molecule has 0 unspecified atom stereocenters. The van der Waals surface area contributed by atoms with Gasteiger partial charge in [-0.05, 0) is 23.1 Å². The molecule has 0 aliphatic carbocycles. The minimum Gasteiger partial charge on any atom is -0.332 e. The fourth-order valence-corrected chi connectivity index (χ4v) is 2.60. The highest BCUT2D eigenvalue weighted by atomic mass is 35.6. The number of amides is 1. The maximum atomic E-state index is 12.0. The molecule has 0 radical (unpaired) electrons. The molecule has 0 saturated carbocycles. The third-order valence-electron chi connectivity index (χ3n) is 2.58. The number of hydrogen-bond acceptors (Lipinski definition) is 4. The van der Waals surface area contributed by atoms with Crippen molar-refractivity contribution in [1.82, 2.24) is 15.6 Å². The number of carbonyl (C=O) groups is 1. The van der Waals surface area contributed by atoms with Gasteiger partial charge in [0.1, 0.15) is 6.17 Å². The SMILES string of the molecule is O=C(N[C@H](NCc1cccnc1)C(Cl)(Cl)Cl)c1cccs1. The maximum Gasteiger partial charge on any atom is 0.262 e. The van der Waals surface area contributed by atoms with Crippen LogP contribution < -0.4 is 10.6 Å². The first kappa shape index (κ1) is 16.5. The molecule has 2 heterocycles. The lowest BCUT2D eigenvalue weighted by molar-refractivity contribution is 0.0933. The minimum atomic E-state index is -1.67. The molecule has 0 saturated heterocycles. The van der Waals surface area contributed by atoms with E-state index in [1.54, 1.807) is 24.5 Å². The van der Waals surface area contributed by atoms with Crippen LogP contribution in [-0.4, -0.2) is 20.8 Å². The number of carbonyl (C=O) groups excluding carboxylic acids is 1. The van der Waals surface area contributed by atoms with Gasteiger partial charge in [0.15, 0.2) is 0 Å². The predicted octanol–water partition coefficient (Wildman–Crippen LogP) is 3.36. The molecule has 21 heavy (non-hydrogen) atoms. The van der Waals surface area contributed by atoms with Crippen LogP contribution in [0.5, 0.6) is 0 Å². The Morgan fingerprint density at radius 3 is 2.71 bits per heavy atom. The van der Waals surface area contributed by atoms with Crippen LogP contribution in [0, 0.1) is 0 Å². The van der Waals surface area contributed by atoms with E-state index in [1.807, 2.05) is 17.5 Å². The summed E-state index contributed by atoms with van der Waals surface area (Å²) in [4.78, 5) is 16.6. The Kier molecular flexibility index (Phi) is 5.84. The monoisotopic (exact) mass is 363 g/mol. The number of pyridine rings is 1. The molecule has 2 rings (SSSR count). The summed E-state index contributed by atoms with van der Waals surface area (Å²) in [5, 5.41) is 7.49. The van der Waals surface area contributed by atoms with Gasteiger partial charge in [0.05, 0.1) is 4.88 Å². The molecule has 1 atom stereocenters. The summed E-state index contributed by atoms with van der Waals surface area (Å²) >= 11 is 19.1. The summed E-state index contributed by atoms with van der Waals surface area (Å²) in [7, 11) is 0. The fourth-order valence-electron chi connectivity index (χ4n) is 1.58. The molecular weight excluding hydrogens is 353 g/mol. The van der Waals surface area contributed by atoms with Gasteiger partial charge in [-0.2, -0.15) is 0 Å². The Morgan fingerprint density at radius 2 is 2.14 bits per heavy atom. The van der Waals surface area contributed by atoms with E-state index >= 15 is 0 Å². The highest BCUT2D eigenvalue weighted by molar-refractivity contribution is 7.12. The minimum absolute atomic E-state index is 0.292. The van der Waals surface area contributed by atoms with Crippen molar-refractivity contribution >= 4 is 52.0 Å². The Morgan fingerprint density at radius 1 is 1.33 bits per heavy atom. The van der Waals surface area contributed by atoms with Crippen LogP contribution in [0.1, 0.15) is 15.2 Å². The van der Waals surface area contributed by atoms with Crippen molar-refractivity contribution in [2.24, 2.45) is 0 Å².